The van der Waals surface area contributed by atoms with Gasteiger partial charge in [-0.2, -0.15) is 0 Å². The van der Waals surface area contributed by atoms with Gasteiger partial charge in [-0.05, 0) is 37.5 Å². The van der Waals surface area contributed by atoms with Crippen molar-refractivity contribution in [3.63, 3.8) is 0 Å². The lowest BCUT2D eigenvalue weighted by Crippen LogP contribution is -2.46. The molecule has 0 saturated heterocycles. The van der Waals surface area contributed by atoms with Gasteiger partial charge in [-0.15, -0.1) is 0 Å². The van der Waals surface area contributed by atoms with Crippen LogP contribution in [0.15, 0.2) is 42.6 Å². The van der Waals surface area contributed by atoms with Crippen molar-refractivity contribution in [2.24, 2.45) is 0 Å². The predicted molar refractivity (Wildman–Crippen MR) is 79.5 cm³/mol. The summed E-state index contributed by atoms with van der Waals surface area (Å²) in [6.45, 7) is 1.94. The molecule has 1 aliphatic carbocycles. The van der Waals surface area contributed by atoms with Crippen LogP contribution in [0.5, 0.6) is 0 Å². The highest BCUT2D eigenvalue weighted by atomic mass is 19.1. The molecule has 0 atom stereocenters. The predicted octanol–water partition coefficient (Wildman–Crippen LogP) is 3.59. The number of pyridine rings is 1. The highest BCUT2D eigenvalue weighted by molar-refractivity contribution is 5.99. The largest absolute Gasteiger partial charge is 0.310 e. The van der Waals surface area contributed by atoms with Crippen molar-refractivity contribution in [1.29, 1.82) is 0 Å². The van der Waals surface area contributed by atoms with Crippen LogP contribution in [0.3, 0.4) is 0 Å². The molecule has 0 aliphatic heterocycles. The first-order valence-electron chi connectivity index (χ1n) is 7.11. The summed E-state index contributed by atoms with van der Waals surface area (Å²) in [5.74, 6) is 0.0210. The molecule has 3 rings (SSSR count). The number of rotatable bonds is 3. The first-order chi connectivity index (χ1) is 10.1. The third-order valence-electron chi connectivity index (χ3n) is 4.18. The summed E-state index contributed by atoms with van der Waals surface area (Å²) in [6.07, 6.45) is 3.98. The fourth-order valence-electron chi connectivity index (χ4n) is 2.78. The maximum Gasteiger partial charge on any atom is 0.236 e. The third-order valence-corrected chi connectivity index (χ3v) is 4.18. The molecule has 4 heteroatoms. The number of aryl methyl sites for hydroxylation is 1. The van der Waals surface area contributed by atoms with Gasteiger partial charge < -0.3 is 5.32 Å². The Morgan fingerprint density at radius 3 is 2.57 bits per heavy atom. The quantitative estimate of drug-likeness (QED) is 0.936. The summed E-state index contributed by atoms with van der Waals surface area (Å²) in [5, 5.41) is 2.82. The minimum Gasteiger partial charge on any atom is -0.310 e. The lowest BCUT2D eigenvalue weighted by molar-refractivity contribution is -0.124. The van der Waals surface area contributed by atoms with E-state index in [2.05, 4.69) is 10.3 Å². The number of halogens is 1. The van der Waals surface area contributed by atoms with Crippen LogP contribution in [-0.4, -0.2) is 10.9 Å². The smallest absolute Gasteiger partial charge is 0.236 e. The van der Waals surface area contributed by atoms with Crippen molar-refractivity contribution in [1.82, 2.24) is 4.98 Å². The van der Waals surface area contributed by atoms with Crippen LogP contribution in [0, 0.1) is 12.7 Å². The van der Waals surface area contributed by atoms with E-state index in [1.165, 1.54) is 6.07 Å². The molecule has 108 valence electrons. The molecule has 2 aromatic rings. The summed E-state index contributed by atoms with van der Waals surface area (Å²) in [6, 6.07) is 10.2. The zero-order chi connectivity index (χ0) is 14.9. The van der Waals surface area contributed by atoms with E-state index in [0.717, 1.165) is 12.0 Å². The van der Waals surface area contributed by atoms with E-state index in [1.807, 2.05) is 13.0 Å². The molecule has 1 saturated carbocycles. The van der Waals surface area contributed by atoms with Crippen molar-refractivity contribution < 1.29 is 9.18 Å². The van der Waals surface area contributed by atoms with Crippen molar-refractivity contribution in [2.75, 3.05) is 5.32 Å². The topological polar surface area (TPSA) is 42.0 Å². The second-order valence-electron chi connectivity index (χ2n) is 5.59. The van der Waals surface area contributed by atoms with E-state index in [-0.39, 0.29) is 11.7 Å². The van der Waals surface area contributed by atoms with Crippen LogP contribution >= 0.6 is 0 Å². The maximum atomic E-state index is 14.1. The van der Waals surface area contributed by atoms with E-state index in [9.17, 15) is 9.18 Å². The number of aromatic nitrogens is 1. The first kappa shape index (κ1) is 13.7. The standard InChI is InChI=1S/C17H17FN2O/c1-12-7-8-15(19-11-12)20-16(21)17(9-4-10-17)13-5-2-3-6-14(13)18/h2-3,5-8,11H,4,9-10H2,1H3,(H,19,20,21). The Kier molecular flexibility index (Phi) is 3.45. The summed E-state index contributed by atoms with van der Waals surface area (Å²) >= 11 is 0. The van der Waals surface area contributed by atoms with E-state index < -0.39 is 5.41 Å². The summed E-state index contributed by atoms with van der Waals surface area (Å²) in [5.41, 5.74) is 0.763. The molecule has 1 aromatic carbocycles. The van der Waals surface area contributed by atoms with Crippen molar-refractivity contribution in [2.45, 2.75) is 31.6 Å². The summed E-state index contributed by atoms with van der Waals surface area (Å²) in [4.78, 5) is 16.8. The monoisotopic (exact) mass is 284 g/mol. The fourth-order valence-corrected chi connectivity index (χ4v) is 2.78. The number of benzene rings is 1. The first-order valence-corrected chi connectivity index (χ1v) is 7.11. The maximum absolute atomic E-state index is 14.1. The fraction of sp³-hybridized carbons (Fsp3) is 0.294. The number of carbonyl (C=O) groups excluding carboxylic acids is 1. The molecule has 0 spiro atoms. The highest BCUT2D eigenvalue weighted by Crippen LogP contribution is 2.45. The van der Waals surface area contributed by atoms with Crippen LogP contribution in [0.1, 0.15) is 30.4 Å². The van der Waals surface area contributed by atoms with Gasteiger partial charge in [-0.3, -0.25) is 4.79 Å². The summed E-state index contributed by atoms with van der Waals surface area (Å²) in [7, 11) is 0. The minimum absolute atomic E-state index is 0.171. The average Bonchev–Trinajstić information content (AvgIpc) is 2.42. The Bertz CT molecular complexity index is 663. The molecular formula is C17H17FN2O. The highest BCUT2D eigenvalue weighted by Gasteiger charge is 2.47. The van der Waals surface area contributed by atoms with Gasteiger partial charge >= 0.3 is 0 Å². The second-order valence-corrected chi connectivity index (χ2v) is 5.59. The molecule has 1 aromatic heterocycles. The molecule has 3 nitrogen and oxygen atoms in total. The Morgan fingerprint density at radius 2 is 2.00 bits per heavy atom. The number of hydrogen-bond donors (Lipinski definition) is 1. The van der Waals surface area contributed by atoms with Gasteiger partial charge in [0.25, 0.3) is 0 Å². The normalized spacial score (nSPS) is 16.1. The number of nitrogens with one attached hydrogen (secondary N) is 1. The van der Waals surface area contributed by atoms with Crippen LogP contribution < -0.4 is 5.32 Å². The minimum atomic E-state index is -0.752. The third kappa shape index (κ3) is 2.42. The van der Waals surface area contributed by atoms with Crippen molar-refractivity contribution in [3.05, 3.63) is 59.5 Å². The molecule has 1 amide bonds. The Hall–Kier alpha value is -2.23. The van der Waals surface area contributed by atoms with Gasteiger partial charge in [-0.25, -0.2) is 9.37 Å². The Balaban J connectivity index is 1.88. The van der Waals surface area contributed by atoms with Gasteiger partial charge in [0.1, 0.15) is 11.6 Å². The van der Waals surface area contributed by atoms with Crippen molar-refractivity contribution in [3.8, 4) is 0 Å². The average molecular weight is 284 g/mol. The van der Waals surface area contributed by atoms with E-state index in [0.29, 0.717) is 24.2 Å². The SMILES string of the molecule is Cc1ccc(NC(=O)C2(c3ccccc3F)CCC2)nc1. The zero-order valence-electron chi connectivity index (χ0n) is 11.9. The Labute approximate surface area is 123 Å². The Morgan fingerprint density at radius 1 is 1.24 bits per heavy atom. The van der Waals surface area contributed by atoms with E-state index in [4.69, 9.17) is 0 Å². The van der Waals surface area contributed by atoms with E-state index >= 15 is 0 Å². The number of anilines is 1. The molecule has 0 bridgehead atoms. The zero-order valence-corrected chi connectivity index (χ0v) is 11.9. The molecular weight excluding hydrogens is 267 g/mol. The molecule has 1 heterocycles. The number of carbonyl (C=O) groups is 1. The van der Waals surface area contributed by atoms with Gasteiger partial charge in [-0.1, -0.05) is 30.7 Å². The molecule has 0 radical (unpaired) electrons. The van der Waals surface area contributed by atoms with Gasteiger partial charge in [0.05, 0.1) is 5.41 Å². The molecule has 1 fully saturated rings. The molecule has 21 heavy (non-hydrogen) atoms. The van der Waals surface area contributed by atoms with Crippen LogP contribution in [-0.2, 0) is 10.2 Å². The lowest BCUT2D eigenvalue weighted by Gasteiger charge is -2.40. The van der Waals surface area contributed by atoms with Crippen LogP contribution in [0.25, 0.3) is 0 Å². The van der Waals surface area contributed by atoms with Gasteiger partial charge in [0.2, 0.25) is 5.91 Å². The van der Waals surface area contributed by atoms with Crippen LogP contribution in [0.2, 0.25) is 0 Å². The number of amides is 1. The van der Waals surface area contributed by atoms with E-state index in [1.54, 1.807) is 30.5 Å². The number of nitrogens with zero attached hydrogens (tertiary/aromatic N) is 1. The molecule has 0 unspecified atom stereocenters. The lowest BCUT2D eigenvalue weighted by atomic mass is 9.63. The van der Waals surface area contributed by atoms with Crippen molar-refractivity contribution >= 4 is 11.7 Å². The van der Waals surface area contributed by atoms with Crippen LogP contribution in [0.4, 0.5) is 10.2 Å². The summed E-state index contributed by atoms with van der Waals surface area (Å²) < 4.78 is 14.1. The van der Waals surface area contributed by atoms with Gasteiger partial charge in [0.15, 0.2) is 0 Å². The second kappa shape index (κ2) is 5.28. The molecule has 1 aliphatic rings. The number of hydrogen-bond acceptors (Lipinski definition) is 2. The van der Waals surface area contributed by atoms with Gasteiger partial charge in [0, 0.05) is 11.8 Å². The molecule has 1 N–H and O–H groups in total.